The Morgan fingerprint density at radius 3 is 2.33 bits per heavy atom. The van der Waals surface area contributed by atoms with Crippen LogP contribution in [0.15, 0.2) is 102 Å². The van der Waals surface area contributed by atoms with Gasteiger partial charge >= 0.3 is 6.18 Å². The van der Waals surface area contributed by atoms with E-state index in [0.717, 1.165) is 23.4 Å². The van der Waals surface area contributed by atoms with Crippen molar-refractivity contribution in [3.05, 3.63) is 109 Å². The number of benzene rings is 3. The maximum absolute atomic E-state index is 13.3. The summed E-state index contributed by atoms with van der Waals surface area (Å²) in [5.41, 5.74) is 0.330. The van der Waals surface area contributed by atoms with Gasteiger partial charge in [-0.25, -0.2) is 13.4 Å². The Balaban J connectivity index is 1.55. The van der Waals surface area contributed by atoms with Gasteiger partial charge in [-0.05, 0) is 48.0 Å². The van der Waals surface area contributed by atoms with Crippen LogP contribution in [0.1, 0.15) is 11.1 Å². The maximum atomic E-state index is 13.3. The lowest BCUT2D eigenvalue weighted by atomic mass is 10.2. The molecule has 1 aromatic heterocycles. The van der Waals surface area contributed by atoms with Gasteiger partial charge in [0.25, 0.3) is 10.0 Å². The van der Waals surface area contributed by atoms with Crippen molar-refractivity contribution in [1.29, 1.82) is 0 Å². The maximum Gasteiger partial charge on any atom is 0.416 e. The number of hydrogen-bond donors (Lipinski definition) is 1. The number of sulfonamides is 1. The van der Waals surface area contributed by atoms with Crippen LogP contribution in [0, 0.1) is 0 Å². The summed E-state index contributed by atoms with van der Waals surface area (Å²) in [6.07, 6.45) is 0.399. The van der Waals surface area contributed by atoms with Crippen molar-refractivity contribution in [3.8, 4) is 5.69 Å². The van der Waals surface area contributed by atoms with Crippen LogP contribution in [0.5, 0.6) is 0 Å². The van der Waals surface area contributed by atoms with E-state index in [1.54, 1.807) is 36.9 Å². The van der Waals surface area contributed by atoms with E-state index in [-0.39, 0.29) is 17.1 Å². The number of imidazole rings is 1. The molecule has 4 aromatic rings. The van der Waals surface area contributed by atoms with Crippen molar-refractivity contribution >= 4 is 21.6 Å². The topological polar surface area (TPSA) is 84.3 Å². The summed E-state index contributed by atoms with van der Waals surface area (Å²) in [4.78, 5) is 16.6. The smallest absolute Gasteiger partial charge is 0.350 e. The van der Waals surface area contributed by atoms with Crippen molar-refractivity contribution < 1.29 is 26.4 Å². The van der Waals surface area contributed by atoms with Gasteiger partial charge in [-0.2, -0.15) is 13.2 Å². The number of anilines is 1. The van der Waals surface area contributed by atoms with Gasteiger partial charge in [0.15, 0.2) is 0 Å². The first-order valence-electron chi connectivity index (χ1n) is 10.7. The second kappa shape index (κ2) is 10.2. The molecule has 3 aromatic carbocycles. The van der Waals surface area contributed by atoms with Crippen LogP contribution in [0.4, 0.5) is 18.9 Å². The Hall–Kier alpha value is -4.12. The molecule has 4 rings (SSSR count). The molecular formula is C25H21F3N4O3S. The summed E-state index contributed by atoms with van der Waals surface area (Å²) in [7, 11) is -4.33. The van der Waals surface area contributed by atoms with Gasteiger partial charge in [0.2, 0.25) is 5.91 Å². The van der Waals surface area contributed by atoms with E-state index in [1.807, 2.05) is 16.7 Å². The summed E-state index contributed by atoms with van der Waals surface area (Å²) in [6.45, 7) is -0.601. The summed E-state index contributed by atoms with van der Waals surface area (Å²) in [6, 6.07) is 18.3. The molecule has 1 heterocycles. The van der Waals surface area contributed by atoms with Gasteiger partial charge in [0.1, 0.15) is 6.54 Å². The minimum Gasteiger partial charge on any atom is -0.350 e. The highest BCUT2D eigenvalue weighted by Crippen LogP contribution is 2.33. The molecule has 0 aliphatic carbocycles. The highest BCUT2D eigenvalue weighted by Gasteiger charge is 2.33. The Morgan fingerprint density at radius 1 is 0.972 bits per heavy atom. The molecular weight excluding hydrogens is 493 g/mol. The molecule has 0 bridgehead atoms. The fourth-order valence-electron chi connectivity index (χ4n) is 3.46. The second-order valence-corrected chi connectivity index (χ2v) is 9.65. The summed E-state index contributed by atoms with van der Waals surface area (Å²) in [5, 5.41) is 2.64. The molecule has 0 saturated heterocycles. The largest absolute Gasteiger partial charge is 0.416 e. The molecule has 11 heteroatoms. The zero-order valence-electron chi connectivity index (χ0n) is 18.8. The first-order chi connectivity index (χ1) is 17.1. The van der Waals surface area contributed by atoms with E-state index in [9.17, 15) is 26.4 Å². The zero-order valence-corrected chi connectivity index (χ0v) is 19.6. The van der Waals surface area contributed by atoms with Gasteiger partial charge in [-0.15, -0.1) is 0 Å². The van der Waals surface area contributed by atoms with Gasteiger partial charge in [0.05, 0.1) is 22.5 Å². The van der Waals surface area contributed by atoms with E-state index < -0.39 is 34.2 Å². The molecule has 0 aliphatic heterocycles. The monoisotopic (exact) mass is 514 g/mol. The normalized spacial score (nSPS) is 11.8. The molecule has 0 fully saturated rings. The Labute approximate surface area is 205 Å². The van der Waals surface area contributed by atoms with E-state index in [2.05, 4.69) is 10.3 Å². The molecule has 36 heavy (non-hydrogen) atoms. The van der Waals surface area contributed by atoms with Crippen LogP contribution in [-0.4, -0.2) is 30.4 Å². The van der Waals surface area contributed by atoms with Crippen molar-refractivity contribution in [1.82, 2.24) is 14.9 Å². The van der Waals surface area contributed by atoms with Crippen LogP contribution in [-0.2, 0) is 27.5 Å². The minimum atomic E-state index is -4.68. The van der Waals surface area contributed by atoms with Crippen LogP contribution in [0.3, 0.4) is 0 Å². The second-order valence-electron chi connectivity index (χ2n) is 7.79. The predicted molar refractivity (Wildman–Crippen MR) is 128 cm³/mol. The first-order valence-corrected chi connectivity index (χ1v) is 12.2. The average molecular weight is 515 g/mol. The van der Waals surface area contributed by atoms with Crippen LogP contribution < -0.4 is 9.62 Å². The van der Waals surface area contributed by atoms with Gasteiger partial charge in [-0.1, -0.05) is 36.4 Å². The fourth-order valence-corrected chi connectivity index (χ4v) is 4.89. The third-order valence-corrected chi connectivity index (χ3v) is 7.10. The number of alkyl halides is 3. The number of nitrogens with zero attached hydrogens (tertiary/aromatic N) is 3. The molecule has 0 saturated carbocycles. The molecule has 0 atom stereocenters. The minimum absolute atomic E-state index is 0.102. The van der Waals surface area contributed by atoms with Crippen molar-refractivity contribution in [2.75, 3.05) is 10.8 Å². The van der Waals surface area contributed by atoms with Crippen molar-refractivity contribution in [2.45, 2.75) is 17.6 Å². The van der Waals surface area contributed by atoms with Crippen molar-refractivity contribution in [3.63, 3.8) is 0 Å². The summed E-state index contributed by atoms with van der Waals surface area (Å²) < 4.78 is 69.0. The van der Waals surface area contributed by atoms with Crippen LogP contribution >= 0.6 is 0 Å². The number of carbonyl (C=O) groups is 1. The lowest BCUT2D eigenvalue weighted by molar-refractivity contribution is -0.137. The van der Waals surface area contributed by atoms with Gasteiger partial charge in [-0.3, -0.25) is 9.10 Å². The molecule has 0 unspecified atom stereocenters. The standard InChI is InChI=1S/C25H21F3N4O3S/c26-25(27,28)20-5-4-6-22(15-20)32(36(34,35)23-7-2-1-3-8-23)17-24(33)30-16-19-9-11-21(12-10-19)31-14-13-29-18-31/h1-15,18H,16-17H2,(H,30,33). The molecule has 0 spiro atoms. The van der Waals surface area contributed by atoms with E-state index in [0.29, 0.717) is 10.4 Å². The predicted octanol–water partition coefficient (Wildman–Crippen LogP) is 4.40. The third kappa shape index (κ3) is 5.74. The zero-order chi connectivity index (χ0) is 25.8. The van der Waals surface area contributed by atoms with E-state index in [1.165, 1.54) is 30.3 Å². The van der Waals surface area contributed by atoms with Crippen molar-refractivity contribution in [2.24, 2.45) is 0 Å². The lowest BCUT2D eigenvalue weighted by Gasteiger charge is -2.25. The number of carbonyl (C=O) groups excluding carboxylic acids is 1. The fraction of sp³-hybridized carbons (Fsp3) is 0.120. The molecule has 1 amide bonds. The number of aromatic nitrogens is 2. The Bertz CT molecular complexity index is 1420. The SMILES string of the molecule is O=C(CN(c1cccc(C(F)(F)F)c1)S(=O)(=O)c1ccccc1)NCc1ccc(-n2ccnc2)cc1. The molecule has 0 aliphatic rings. The lowest BCUT2D eigenvalue weighted by Crippen LogP contribution is -2.40. The number of hydrogen-bond acceptors (Lipinski definition) is 4. The number of halogens is 3. The quantitative estimate of drug-likeness (QED) is 0.378. The number of rotatable bonds is 8. The molecule has 186 valence electrons. The van der Waals surface area contributed by atoms with E-state index in [4.69, 9.17) is 0 Å². The molecule has 1 N–H and O–H groups in total. The van der Waals surface area contributed by atoms with Gasteiger partial charge in [0, 0.05) is 24.6 Å². The Morgan fingerprint density at radius 2 is 1.69 bits per heavy atom. The van der Waals surface area contributed by atoms with Gasteiger partial charge < -0.3 is 9.88 Å². The average Bonchev–Trinajstić information content (AvgIpc) is 3.41. The van der Waals surface area contributed by atoms with E-state index >= 15 is 0 Å². The number of amides is 1. The highest BCUT2D eigenvalue weighted by molar-refractivity contribution is 7.92. The van der Waals surface area contributed by atoms with Crippen LogP contribution in [0.25, 0.3) is 5.69 Å². The third-order valence-electron chi connectivity index (χ3n) is 5.31. The summed E-state index contributed by atoms with van der Waals surface area (Å²) >= 11 is 0. The molecule has 0 radical (unpaired) electrons. The van der Waals surface area contributed by atoms with Crippen LogP contribution in [0.2, 0.25) is 0 Å². The first kappa shape index (κ1) is 25.0. The number of nitrogens with one attached hydrogen (secondary N) is 1. The molecule has 7 nitrogen and oxygen atoms in total. The summed E-state index contributed by atoms with van der Waals surface area (Å²) in [5.74, 6) is -0.675. The highest BCUT2D eigenvalue weighted by atomic mass is 32.2. The Kier molecular flexibility index (Phi) is 7.11.